The highest BCUT2D eigenvalue weighted by Gasteiger charge is 2.71. The number of esters is 2. The molecule has 29 heteroatoms. The van der Waals surface area contributed by atoms with E-state index in [1.807, 2.05) is 0 Å². The Labute approximate surface area is 514 Å². The third-order valence-corrected chi connectivity index (χ3v) is 22.8. The molecule has 0 bridgehead atoms. The van der Waals surface area contributed by atoms with Gasteiger partial charge in [0.15, 0.2) is 18.9 Å². The van der Waals surface area contributed by atoms with Gasteiger partial charge in [0.05, 0.1) is 55.2 Å². The Morgan fingerprint density at radius 2 is 1.13 bits per heavy atom. The zero-order valence-electron chi connectivity index (χ0n) is 51.2. The van der Waals surface area contributed by atoms with Gasteiger partial charge in [-0.3, -0.25) is 19.2 Å². The van der Waals surface area contributed by atoms with Crippen molar-refractivity contribution in [3.05, 3.63) is 11.6 Å². The Morgan fingerprint density at radius 3 is 1.72 bits per heavy atom. The first-order valence-corrected chi connectivity index (χ1v) is 31.0. The van der Waals surface area contributed by atoms with Crippen LogP contribution in [0.15, 0.2) is 11.6 Å². The summed E-state index contributed by atoms with van der Waals surface area (Å²) in [5, 5.41) is 174. The third kappa shape index (κ3) is 12.5. The number of hydrogen-bond acceptors (Lipinski definition) is 27. The molecule has 4 heterocycles. The molecule has 0 aromatic carbocycles. The van der Waals surface area contributed by atoms with Gasteiger partial charge in [0, 0.05) is 0 Å². The Hall–Kier alpha value is -3.22. The van der Waals surface area contributed by atoms with E-state index in [4.69, 9.17) is 42.6 Å². The molecule has 29 nitrogen and oxygen atoms in total. The van der Waals surface area contributed by atoms with Crippen LogP contribution in [0.2, 0.25) is 0 Å². The van der Waals surface area contributed by atoms with Crippen LogP contribution < -0.4 is 0 Å². The fourth-order valence-corrected chi connectivity index (χ4v) is 17.2. The van der Waals surface area contributed by atoms with E-state index in [0.29, 0.717) is 64.2 Å². The van der Waals surface area contributed by atoms with E-state index in [1.165, 1.54) is 0 Å². The van der Waals surface area contributed by atoms with Crippen LogP contribution in [-0.2, 0) is 61.8 Å². The number of carboxylic acid groups (broad SMARTS) is 2. The molecule has 9 aliphatic rings. The number of ether oxygens (including phenoxy) is 9. The number of rotatable bonds is 18. The quantitative estimate of drug-likeness (QED) is 0.0487. The van der Waals surface area contributed by atoms with E-state index in [1.54, 1.807) is 6.92 Å². The Bertz CT molecular complexity index is 2580. The predicted octanol–water partition coefficient (Wildman–Crippen LogP) is -2.80. The highest BCUT2D eigenvalue weighted by Crippen LogP contribution is 2.76. The van der Waals surface area contributed by atoms with Gasteiger partial charge in [-0.05, 0) is 117 Å². The second-order valence-corrected chi connectivity index (χ2v) is 28.8. The molecule has 30 atom stereocenters. The van der Waals surface area contributed by atoms with Crippen LogP contribution >= 0.6 is 0 Å². The lowest BCUT2D eigenvalue weighted by molar-refractivity contribution is -0.377. The molecule has 4 saturated carbocycles. The number of carbonyl (C=O) groups excluding carboxylic acids is 2. The van der Waals surface area contributed by atoms with Crippen molar-refractivity contribution in [2.24, 2.45) is 50.2 Å². The van der Waals surface area contributed by atoms with Gasteiger partial charge >= 0.3 is 23.9 Å². The normalized spacial score (nSPS) is 49.5. The van der Waals surface area contributed by atoms with Crippen LogP contribution in [0, 0.1) is 50.2 Å². The first-order valence-electron chi connectivity index (χ1n) is 31.0. The van der Waals surface area contributed by atoms with Gasteiger partial charge < -0.3 is 124 Å². The predicted molar refractivity (Wildman–Crippen MR) is 296 cm³/mol. The lowest BCUT2D eigenvalue weighted by Crippen LogP contribution is -2.67. The molecule has 0 amide bonds. The van der Waals surface area contributed by atoms with Crippen LogP contribution in [0.3, 0.4) is 0 Å². The number of fused-ring (bicyclic) bond motifs is 7. The Balaban J connectivity index is 1.02. The van der Waals surface area contributed by atoms with Gasteiger partial charge in [0.25, 0.3) is 0 Å². The zero-order chi connectivity index (χ0) is 65.6. The molecule has 4 aliphatic heterocycles. The van der Waals surface area contributed by atoms with Crippen LogP contribution in [0.4, 0.5) is 0 Å². The van der Waals surface area contributed by atoms with Crippen molar-refractivity contribution < 1.29 is 144 Å². The summed E-state index contributed by atoms with van der Waals surface area (Å²) in [6.45, 7) is 10.0. The number of allylic oxidation sites excluding steroid dienone is 2. The standard InChI is InChI=1S/C60H94O29/c1-54(2)14-16-60(17-15-57(5)25(26(60)18-54)8-9-31-56(4)12-11-33(63)59(7,52(77)78)32(56)10-13-58(31,57)6)53(79)89-50-45(76)46(87-48-43(74)40(71)36(67)27(21-61)83-48)39(70)30(85-50)24-82-51-47(88-49-44(75)41(72)37(68)28(22-62)84-49)42(73)38(69)29(86-51)23-81-35(66)20-55(3,80)19-34(64)65/h8,26-33,36-51,61-63,67-76,80H,9-24H2,1-7H3,(H,64,65)(H,77,78)/t26-,27+,28+,29+,30+,31+,32+,33-,36+,37+,38+,39+,40-,41-,42-,43+,44+,45?,46-,47+,48-,49-,50-,51+,55-,56+,57+,58+,59-,60-/m0/s1. The smallest absolute Gasteiger partial charge is 0.315 e. The first-order chi connectivity index (χ1) is 41.4. The second kappa shape index (κ2) is 25.8. The summed E-state index contributed by atoms with van der Waals surface area (Å²) in [4.78, 5) is 52.9. The maximum atomic E-state index is 15.7. The minimum atomic E-state index is -2.17. The molecule has 508 valence electrons. The van der Waals surface area contributed by atoms with Gasteiger partial charge in [0.2, 0.25) is 6.29 Å². The van der Waals surface area contributed by atoms with E-state index in [2.05, 4.69) is 40.7 Å². The van der Waals surface area contributed by atoms with Gasteiger partial charge in [-0.15, -0.1) is 0 Å². The van der Waals surface area contributed by atoms with Crippen LogP contribution in [0.1, 0.15) is 126 Å². The van der Waals surface area contributed by atoms with Crippen LogP contribution in [-0.4, -0.2) is 267 Å². The molecule has 8 fully saturated rings. The van der Waals surface area contributed by atoms with Crippen LogP contribution in [0.25, 0.3) is 0 Å². The number of carbonyl (C=O) groups is 4. The largest absolute Gasteiger partial charge is 0.481 e. The number of aliphatic carboxylic acids is 2. The first kappa shape index (κ1) is 70.1. The van der Waals surface area contributed by atoms with Crippen LogP contribution in [0.5, 0.6) is 0 Å². The number of carboxylic acids is 2. The van der Waals surface area contributed by atoms with Gasteiger partial charge in [-0.25, -0.2) is 0 Å². The highest BCUT2D eigenvalue weighted by atomic mass is 16.8. The SMILES string of the molecule is CC1(C)CC[C@]2(C(=O)O[C@@H]3O[C@H](CO[C@@H]4O[C@H](COC(=O)C[C@@](C)(O)CC(=O)O)[C@@H](O)[C@H](O)[C@H]4O[C@@H]4O[C@H](CO)[C@@H](O)[C@H](O)[C@H]4O)[C@@H](O)[C@H](O[C@@H]4O[C@H](CO)[C@@H](O)[C@H](O)[C@H]4O)C3O)CC[C@]3(C)C(=CC[C@@H]4[C@@]5(C)CC[C@H](O)[C@@](C)(C(=O)O)[C@@H]5CC[C@]43C)[C@@H]2C1. The van der Waals surface area contributed by atoms with Crippen molar-refractivity contribution in [3.63, 3.8) is 0 Å². The molecular formula is C60H94O29. The molecule has 5 aliphatic carbocycles. The van der Waals surface area contributed by atoms with Gasteiger partial charge in [-0.1, -0.05) is 46.3 Å². The number of aliphatic hydroxyl groups excluding tert-OH is 13. The fraction of sp³-hybridized carbons (Fsp3) is 0.900. The average molecular weight is 1280 g/mol. The third-order valence-electron chi connectivity index (χ3n) is 22.8. The van der Waals surface area contributed by atoms with Crippen molar-refractivity contribution in [2.45, 2.75) is 260 Å². The summed E-state index contributed by atoms with van der Waals surface area (Å²) in [6, 6.07) is 0. The van der Waals surface area contributed by atoms with E-state index in [0.717, 1.165) is 12.5 Å². The Morgan fingerprint density at radius 1 is 0.584 bits per heavy atom. The van der Waals surface area contributed by atoms with E-state index in [-0.39, 0.29) is 22.7 Å². The lowest BCUT2D eigenvalue weighted by Gasteiger charge is -2.71. The van der Waals surface area contributed by atoms with E-state index < -0.39 is 225 Å². The van der Waals surface area contributed by atoms with E-state index in [9.17, 15) is 96.1 Å². The topological polar surface area (TPSA) is 475 Å². The van der Waals surface area contributed by atoms with Gasteiger partial charge in [-0.2, -0.15) is 0 Å². The molecular weight excluding hydrogens is 1180 g/mol. The maximum absolute atomic E-state index is 15.7. The molecule has 16 N–H and O–H groups in total. The summed E-state index contributed by atoms with van der Waals surface area (Å²) >= 11 is 0. The van der Waals surface area contributed by atoms with Gasteiger partial charge in [0.1, 0.15) is 104 Å². The molecule has 0 radical (unpaired) electrons. The summed E-state index contributed by atoms with van der Waals surface area (Å²) in [5.74, 6) is -5.12. The van der Waals surface area contributed by atoms with Crippen molar-refractivity contribution in [3.8, 4) is 0 Å². The highest BCUT2D eigenvalue weighted by molar-refractivity contribution is 5.79. The van der Waals surface area contributed by atoms with E-state index >= 15 is 4.79 Å². The summed E-state index contributed by atoms with van der Waals surface area (Å²) in [6.07, 6.45) is -34.7. The van der Waals surface area contributed by atoms with Crippen molar-refractivity contribution in [1.82, 2.24) is 0 Å². The summed E-state index contributed by atoms with van der Waals surface area (Å²) < 4.78 is 52.9. The van der Waals surface area contributed by atoms with Crippen molar-refractivity contribution in [1.29, 1.82) is 0 Å². The summed E-state index contributed by atoms with van der Waals surface area (Å²) in [7, 11) is 0. The number of hydrogen-bond donors (Lipinski definition) is 16. The monoisotopic (exact) mass is 1280 g/mol. The second-order valence-electron chi connectivity index (χ2n) is 28.8. The lowest BCUT2D eigenvalue weighted by atomic mass is 9.33. The minimum Gasteiger partial charge on any atom is -0.481 e. The zero-order valence-corrected chi connectivity index (χ0v) is 51.2. The number of aliphatic hydroxyl groups is 14. The van der Waals surface area contributed by atoms with Crippen molar-refractivity contribution in [2.75, 3.05) is 26.4 Å². The summed E-state index contributed by atoms with van der Waals surface area (Å²) in [5.41, 5.74) is -5.24. The average Bonchev–Trinajstić information content (AvgIpc) is 0.761. The molecule has 9 rings (SSSR count). The molecule has 0 spiro atoms. The maximum Gasteiger partial charge on any atom is 0.315 e. The molecule has 0 aromatic heterocycles. The molecule has 89 heavy (non-hydrogen) atoms. The fourth-order valence-electron chi connectivity index (χ4n) is 17.2. The molecule has 1 unspecified atom stereocenters. The Kier molecular flexibility index (Phi) is 20.3. The molecule has 0 aromatic rings. The molecule has 4 saturated heterocycles. The minimum absolute atomic E-state index is 0.0209. The van der Waals surface area contributed by atoms with Crippen molar-refractivity contribution >= 4 is 23.9 Å².